The molecule has 2 aromatic heterocycles. The summed E-state index contributed by atoms with van der Waals surface area (Å²) in [7, 11) is 0. The number of rotatable bonds is 5. The highest BCUT2D eigenvalue weighted by atomic mass is 32.1. The highest BCUT2D eigenvalue weighted by Gasteiger charge is 2.19. The van der Waals surface area contributed by atoms with Crippen molar-refractivity contribution in [3.63, 3.8) is 0 Å². The van der Waals surface area contributed by atoms with Crippen molar-refractivity contribution < 1.29 is 14.1 Å². The number of carbonyl (C=O) groups excluding carboxylic acids is 2. The number of aryl methyl sites for hydroxylation is 2. The van der Waals surface area contributed by atoms with Gasteiger partial charge in [-0.15, -0.1) is 11.3 Å². The maximum Gasteiger partial charge on any atom is 0.257 e. The molecule has 0 aromatic carbocycles. The molecule has 5 nitrogen and oxygen atoms in total. The molecular formula is C13H14N2O3S. The number of amides is 1. The SMILES string of the molecule is CCc1onc(C)c1C(=O)NCC(=O)c1cccs1. The number of aromatic nitrogens is 1. The minimum atomic E-state index is -0.319. The van der Waals surface area contributed by atoms with E-state index in [1.807, 2.05) is 12.3 Å². The first-order valence-electron chi connectivity index (χ1n) is 5.93. The van der Waals surface area contributed by atoms with Gasteiger partial charge in [-0.05, 0) is 18.4 Å². The fourth-order valence-electron chi connectivity index (χ4n) is 1.72. The summed E-state index contributed by atoms with van der Waals surface area (Å²) < 4.78 is 5.05. The Bertz CT molecular complexity index is 587. The maximum atomic E-state index is 12.0. The lowest BCUT2D eigenvalue weighted by Crippen LogP contribution is -2.30. The zero-order valence-electron chi connectivity index (χ0n) is 10.7. The van der Waals surface area contributed by atoms with Crippen LogP contribution in [0.4, 0.5) is 0 Å². The number of hydrogen-bond acceptors (Lipinski definition) is 5. The second-order valence-corrected chi connectivity index (χ2v) is 4.95. The zero-order valence-corrected chi connectivity index (χ0v) is 11.5. The average molecular weight is 278 g/mol. The van der Waals surface area contributed by atoms with E-state index in [0.29, 0.717) is 28.3 Å². The van der Waals surface area contributed by atoms with Gasteiger partial charge in [-0.3, -0.25) is 9.59 Å². The van der Waals surface area contributed by atoms with E-state index in [0.717, 1.165) is 0 Å². The van der Waals surface area contributed by atoms with E-state index >= 15 is 0 Å². The van der Waals surface area contributed by atoms with Gasteiger partial charge in [0, 0.05) is 6.42 Å². The predicted molar refractivity (Wildman–Crippen MR) is 71.6 cm³/mol. The molecule has 1 N–H and O–H groups in total. The number of ketones is 1. The highest BCUT2D eigenvalue weighted by Crippen LogP contribution is 2.14. The van der Waals surface area contributed by atoms with Crippen LogP contribution in [-0.2, 0) is 6.42 Å². The van der Waals surface area contributed by atoms with Crippen LogP contribution in [0.25, 0.3) is 0 Å². The van der Waals surface area contributed by atoms with Gasteiger partial charge >= 0.3 is 0 Å². The van der Waals surface area contributed by atoms with Crippen LogP contribution < -0.4 is 5.32 Å². The van der Waals surface area contributed by atoms with E-state index in [2.05, 4.69) is 10.5 Å². The third-order valence-electron chi connectivity index (χ3n) is 2.69. The van der Waals surface area contributed by atoms with Crippen LogP contribution in [0.15, 0.2) is 22.0 Å². The highest BCUT2D eigenvalue weighted by molar-refractivity contribution is 7.12. The van der Waals surface area contributed by atoms with Gasteiger partial charge < -0.3 is 9.84 Å². The van der Waals surface area contributed by atoms with Crippen molar-refractivity contribution in [2.24, 2.45) is 0 Å². The van der Waals surface area contributed by atoms with Crippen molar-refractivity contribution in [3.8, 4) is 0 Å². The van der Waals surface area contributed by atoms with E-state index < -0.39 is 0 Å². The summed E-state index contributed by atoms with van der Waals surface area (Å²) in [6.45, 7) is 3.57. The number of thiophene rings is 1. The van der Waals surface area contributed by atoms with Crippen LogP contribution in [-0.4, -0.2) is 23.4 Å². The monoisotopic (exact) mass is 278 g/mol. The van der Waals surface area contributed by atoms with Gasteiger partial charge in [0.05, 0.1) is 17.1 Å². The van der Waals surface area contributed by atoms with Crippen LogP contribution in [0, 0.1) is 6.92 Å². The summed E-state index contributed by atoms with van der Waals surface area (Å²) in [6.07, 6.45) is 0.586. The molecule has 0 aliphatic heterocycles. The first-order valence-corrected chi connectivity index (χ1v) is 6.81. The molecule has 1 amide bonds. The topological polar surface area (TPSA) is 72.2 Å². The predicted octanol–water partition coefficient (Wildman–Crippen LogP) is 2.22. The minimum absolute atomic E-state index is 0.0207. The van der Waals surface area contributed by atoms with Crippen LogP contribution in [0.1, 0.15) is 38.4 Å². The van der Waals surface area contributed by atoms with Crippen molar-refractivity contribution in [1.29, 1.82) is 0 Å². The summed E-state index contributed by atoms with van der Waals surface area (Å²) in [5.74, 6) is 0.120. The maximum absolute atomic E-state index is 12.0. The van der Waals surface area contributed by atoms with Gasteiger partial charge in [-0.25, -0.2) is 0 Å². The molecule has 19 heavy (non-hydrogen) atoms. The Balaban J connectivity index is 2.02. The van der Waals surface area contributed by atoms with Crippen molar-refractivity contribution in [3.05, 3.63) is 39.4 Å². The molecule has 2 aromatic rings. The first kappa shape index (κ1) is 13.5. The number of Topliss-reactive ketones (excluding diaryl/α,β-unsaturated/α-hetero) is 1. The summed E-state index contributed by atoms with van der Waals surface area (Å²) >= 11 is 1.36. The molecule has 0 unspecified atom stereocenters. The Morgan fingerprint density at radius 1 is 1.47 bits per heavy atom. The molecule has 0 aliphatic carbocycles. The lowest BCUT2D eigenvalue weighted by atomic mass is 10.1. The van der Waals surface area contributed by atoms with Crippen LogP contribution in [0.3, 0.4) is 0 Å². The molecule has 2 heterocycles. The van der Waals surface area contributed by atoms with Crippen LogP contribution in [0.5, 0.6) is 0 Å². The van der Waals surface area contributed by atoms with Crippen molar-refractivity contribution in [1.82, 2.24) is 10.5 Å². The van der Waals surface area contributed by atoms with E-state index in [-0.39, 0.29) is 18.2 Å². The standard InChI is InChI=1S/C13H14N2O3S/c1-3-10-12(8(2)15-18-10)13(17)14-7-9(16)11-5-4-6-19-11/h4-6H,3,7H2,1-2H3,(H,14,17). The van der Waals surface area contributed by atoms with Crippen molar-refractivity contribution in [2.45, 2.75) is 20.3 Å². The first-order chi connectivity index (χ1) is 9.13. The fraction of sp³-hybridized carbons (Fsp3) is 0.308. The molecule has 0 saturated carbocycles. The van der Waals surface area contributed by atoms with Crippen LogP contribution >= 0.6 is 11.3 Å². The lowest BCUT2D eigenvalue weighted by molar-refractivity contribution is 0.0904. The molecule has 100 valence electrons. The Hall–Kier alpha value is -1.95. The average Bonchev–Trinajstić information content (AvgIpc) is 3.04. The Kier molecular flexibility index (Phi) is 4.11. The van der Waals surface area contributed by atoms with Gasteiger partial charge in [0.2, 0.25) is 0 Å². The largest absolute Gasteiger partial charge is 0.360 e. The van der Waals surface area contributed by atoms with E-state index in [1.54, 1.807) is 19.1 Å². The summed E-state index contributed by atoms with van der Waals surface area (Å²) in [5.41, 5.74) is 0.972. The zero-order chi connectivity index (χ0) is 13.8. The van der Waals surface area contributed by atoms with Gasteiger partial charge in [-0.1, -0.05) is 18.1 Å². The van der Waals surface area contributed by atoms with Crippen molar-refractivity contribution >= 4 is 23.0 Å². The summed E-state index contributed by atoms with van der Waals surface area (Å²) in [6, 6.07) is 3.54. The molecule has 2 rings (SSSR count). The number of nitrogens with one attached hydrogen (secondary N) is 1. The Labute approximate surface area is 114 Å². The second kappa shape index (κ2) is 5.79. The van der Waals surface area contributed by atoms with Gasteiger partial charge in [0.15, 0.2) is 5.78 Å². The second-order valence-electron chi connectivity index (χ2n) is 4.00. The molecular weight excluding hydrogens is 264 g/mol. The number of hydrogen-bond donors (Lipinski definition) is 1. The van der Waals surface area contributed by atoms with E-state index in [9.17, 15) is 9.59 Å². The lowest BCUT2D eigenvalue weighted by Gasteiger charge is -2.03. The molecule has 0 atom stereocenters. The number of nitrogens with zero attached hydrogens (tertiary/aromatic N) is 1. The van der Waals surface area contributed by atoms with Gasteiger partial charge in [-0.2, -0.15) is 0 Å². The minimum Gasteiger partial charge on any atom is -0.360 e. The molecule has 0 fully saturated rings. The van der Waals surface area contributed by atoms with Gasteiger partial charge in [0.1, 0.15) is 11.3 Å². The molecule has 0 aliphatic rings. The Morgan fingerprint density at radius 3 is 2.89 bits per heavy atom. The number of carbonyl (C=O) groups is 2. The van der Waals surface area contributed by atoms with E-state index in [1.165, 1.54) is 11.3 Å². The molecule has 0 bridgehead atoms. The third kappa shape index (κ3) is 2.90. The molecule has 6 heteroatoms. The quantitative estimate of drug-likeness (QED) is 0.851. The van der Waals surface area contributed by atoms with Gasteiger partial charge in [0.25, 0.3) is 5.91 Å². The fourth-order valence-corrected chi connectivity index (χ4v) is 2.39. The molecule has 0 radical (unpaired) electrons. The third-order valence-corrected chi connectivity index (χ3v) is 3.60. The Morgan fingerprint density at radius 2 is 2.26 bits per heavy atom. The normalized spacial score (nSPS) is 10.4. The molecule has 0 saturated heterocycles. The van der Waals surface area contributed by atoms with Crippen LogP contribution in [0.2, 0.25) is 0 Å². The van der Waals surface area contributed by atoms with E-state index in [4.69, 9.17) is 4.52 Å². The molecule has 0 spiro atoms. The smallest absolute Gasteiger partial charge is 0.257 e. The summed E-state index contributed by atoms with van der Waals surface area (Å²) in [5, 5.41) is 8.20. The summed E-state index contributed by atoms with van der Waals surface area (Å²) in [4.78, 5) is 24.4. The van der Waals surface area contributed by atoms with Crippen molar-refractivity contribution in [2.75, 3.05) is 6.54 Å².